The zero-order valence-corrected chi connectivity index (χ0v) is 12.9. The lowest BCUT2D eigenvalue weighted by atomic mass is 10.3. The predicted molar refractivity (Wildman–Crippen MR) is 81.0 cm³/mol. The molecular formula is C14H19ClN2OS. The minimum atomic E-state index is 0.775. The largest absolute Gasteiger partial charge is 0.440 e. The second-order valence-electron chi connectivity index (χ2n) is 4.53. The van der Waals surface area contributed by atoms with Crippen LogP contribution in [0.25, 0.3) is 10.6 Å². The van der Waals surface area contributed by atoms with Crippen molar-refractivity contribution < 1.29 is 4.42 Å². The first kappa shape index (κ1) is 14.6. The highest BCUT2D eigenvalue weighted by Crippen LogP contribution is 2.36. The lowest BCUT2D eigenvalue weighted by Crippen LogP contribution is -2.16. The van der Waals surface area contributed by atoms with Gasteiger partial charge in [-0.05, 0) is 43.8 Å². The summed E-state index contributed by atoms with van der Waals surface area (Å²) < 4.78 is 5.76. The van der Waals surface area contributed by atoms with E-state index in [0.717, 1.165) is 53.0 Å². The van der Waals surface area contributed by atoms with Crippen LogP contribution >= 0.6 is 22.9 Å². The molecule has 0 fully saturated rings. The maximum Gasteiger partial charge on any atom is 0.194 e. The highest BCUT2D eigenvalue weighted by molar-refractivity contribution is 7.14. The highest BCUT2D eigenvalue weighted by Gasteiger charge is 2.13. The number of thiophene rings is 1. The topological polar surface area (TPSA) is 38.1 Å². The summed E-state index contributed by atoms with van der Waals surface area (Å²) in [6.07, 6.45) is 4.83. The van der Waals surface area contributed by atoms with Crippen LogP contribution in [0, 0.1) is 6.92 Å². The fraction of sp³-hybridized carbons (Fsp3) is 0.500. The summed E-state index contributed by atoms with van der Waals surface area (Å²) >= 11 is 7.83. The van der Waals surface area contributed by atoms with E-state index in [4.69, 9.17) is 16.0 Å². The van der Waals surface area contributed by atoms with Gasteiger partial charge in [-0.1, -0.05) is 18.5 Å². The van der Waals surface area contributed by atoms with Crippen LogP contribution in [0.2, 0.25) is 5.02 Å². The van der Waals surface area contributed by atoms with Crippen LogP contribution in [-0.2, 0) is 6.42 Å². The zero-order chi connectivity index (χ0) is 13.7. The van der Waals surface area contributed by atoms with E-state index in [1.165, 1.54) is 6.42 Å². The molecule has 2 rings (SSSR count). The molecule has 3 nitrogen and oxygen atoms in total. The number of oxazole rings is 1. The van der Waals surface area contributed by atoms with E-state index in [2.05, 4.69) is 17.2 Å². The van der Waals surface area contributed by atoms with Crippen molar-refractivity contribution in [1.82, 2.24) is 10.3 Å². The molecule has 0 saturated heterocycles. The molecule has 2 aromatic rings. The molecule has 0 aliphatic heterocycles. The Bertz CT molecular complexity index is 521. The van der Waals surface area contributed by atoms with Gasteiger partial charge >= 0.3 is 0 Å². The van der Waals surface area contributed by atoms with Crippen LogP contribution in [0.1, 0.15) is 31.2 Å². The molecule has 19 heavy (non-hydrogen) atoms. The van der Waals surface area contributed by atoms with Crippen LogP contribution in [0.3, 0.4) is 0 Å². The fourth-order valence-electron chi connectivity index (χ4n) is 1.79. The summed E-state index contributed by atoms with van der Waals surface area (Å²) in [5.74, 6) is 1.56. The molecule has 0 aliphatic carbocycles. The predicted octanol–water partition coefficient (Wildman–Crippen LogP) is 4.30. The van der Waals surface area contributed by atoms with Crippen LogP contribution in [0.15, 0.2) is 16.0 Å². The Balaban J connectivity index is 1.90. The Kier molecular flexibility index (Phi) is 5.43. The molecule has 0 unspecified atom stereocenters. The number of hydrogen-bond donors (Lipinski definition) is 1. The monoisotopic (exact) mass is 298 g/mol. The standard InChI is InChI=1S/C14H19ClN2OS/c1-3-6-16-7-4-5-12-17-8-11(18-12)14-13(15)10(2)9-19-14/h8-9,16H,3-7H2,1-2H3. The molecule has 0 amide bonds. The first-order valence-corrected chi connectivity index (χ1v) is 7.87. The average molecular weight is 299 g/mol. The Labute approximate surface area is 123 Å². The van der Waals surface area contributed by atoms with Crippen LogP contribution < -0.4 is 5.32 Å². The molecule has 0 bridgehead atoms. The molecule has 0 saturated carbocycles. The van der Waals surface area contributed by atoms with Gasteiger partial charge in [0, 0.05) is 6.42 Å². The fourth-order valence-corrected chi connectivity index (χ4v) is 3.03. The minimum absolute atomic E-state index is 0.775. The van der Waals surface area contributed by atoms with Gasteiger partial charge < -0.3 is 9.73 Å². The summed E-state index contributed by atoms with van der Waals surface area (Å²) in [6.45, 7) is 6.24. The first-order chi connectivity index (χ1) is 9.22. The number of hydrogen-bond acceptors (Lipinski definition) is 4. The quantitative estimate of drug-likeness (QED) is 0.775. The van der Waals surface area contributed by atoms with E-state index in [1.807, 2.05) is 12.3 Å². The molecule has 0 atom stereocenters. The molecule has 1 N–H and O–H groups in total. The van der Waals surface area contributed by atoms with Gasteiger partial charge in [0.1, 0.15) is 0 Å². The number of aromatic nitrogens is 1. The number of halogens is 1. The van der Waals surface area contributed by atoms with Gasteiger partial charge in [-0.3, -0.25) is 0 Å². The lowest BCUT2D eigenvalue weighted by Gasteiger charge is -2.00. The van der Waals surface area contributed by atoms with Crippen LogP contribution in [0.4, 0.5) is 0 Å². The first-order valence-electron chi connectivity index (χ1n) is 6.61. The molecular weight excluding hydrogens is 280 g/mol. The van der Waals surface area contributed by atoms with Crippen molar-refractivity contribution in [3.63, 3.8) is 0 Å². The van der Waals surface area contributed by atoms with Gasteiger partial charge in [0.2, 0.25) is 0 Å². The van der Waals surface area contributed by atoms with Crippen LogP contribution in [-0.4, -0.2) is 18.1 Å². The summed E-state index contributed by atoms with van der Waals surface area (Å²) in [5, 5.41) is 6.18. The van der Waals surface area contributed by atoms with Gasteiger partial charge in [-0.25, -0.2) is 4.98 Å². The Morgan fingerprint density at radius 1 is 1.42 bits per heavy atom. The summed E-state index contributed by atoms with van der Waals surface area (Å²) in [6, 6.07) is 0. The lowest BCUT2D eigenvalue weighted by molar-refractivity contribution is 0.492. The van der Waals surface area contributed by atoms with Crippen molar-refractivity contribution in [2.75, 3.05) is 13.1 Å². The van der Waals surface area contributed by atoms with Gasteiger partial charge in [0.15, 0.2) is 11.7 Å². The number of nitrogens with one attached hydrogen (secondary N) is 1. The van der Waals surface area contributed by atoms with E-state index in [1.54, 1.807) is 17.5 Å². The Morgan fingerprint density at radius 2 is 2.26 bits per heavy atom. The third-order valence-electron chi connectivity index (χ3n) is 2.85. The smallest absolute Gasteiger partial charge is 0.194 e. The summed E-state index contributed by atoms with van der Waals surface area (Å²) in [7, 11) is 0. The van der Waals surface area contributed by atoms with Crippen molar-refractivity contribution in [2.45, 2.75) is 33.1 Å². The van der Waals surface area contributed by atoms with Gasteiger partial charge in [-0.15, -0.1) is 11.3 Å². The van der Waals surface area contributed by atoms with Crippen LogP contribution in [0.5, 0.6) is 0 Å². The van der Waals surface area contributed by atoms with Gasteiger partial charge in [0.25, 0.3) is 0 Å². The van der Waals surface area contributed by atoms with Crippen molar-refractivity contribution in [3.8, 4) is 10.6 Å². The van der Waals surface area contributed by atoms with E-state index in [-0.39, 0.29) is 0 Å². The molecule has 0 radical (unpaired) electrons. The Morgan fingerprint density at radius 3 is 2.95 bits per heavy atom. The number of rotatable bonds is 7. The second-order valence-corrected chi connectivity index (χ2v) is 5.79. The summed E-state index contributed by atoms with van der Waals surface area (Å²) in [4.78, 5) is 5.29. The van der Waals surface area contributed by atoms with Crippen molar-refractivity contribution >= 4 is 22.9 Å². The van der Waals surface area contributed by atoms with E-state index in [0.29, 0.717) is 0 Å². The third-order valence-corrected chi connectivity index (χ3v) is 4.56. The van der Waals surface area contributed by atoms with E-state index >= 15 is 0 Å². The molecule has 0 aromatic carbocycles. The Hall–Kier alpha value is -0.840. The van der Waals surface area contributed by atoms with Gasteiger partial charge in [0.05, 0.1) is 16.1 Å². The average Bonchev–Trinajstić information content (AvgIpc) is 2.98. The van der Waals surface area contributed by atoms with Crippen molar-refractivity contribution in [2.24, 2.45) is 0 Å². The zero-order valence-electron chi connectivity index (χ0n) is 11.3. The molecule has 5 heteroatoms. The maximum atomic E-state index is 6.23. The number of nitrogens with zero attached hydrogens (tertiary/aromatic N) is 1. The van der Waals surface area contributed by atoms with Crippen molar-refractivity contribution in [1.29, 1.82) is 0 Å². The minimum Gasteiger partial charge on any atom is -0.440 e. The molecule has 0 spiro atoms. The molecule has 2 aromatic heterocycles. The van der Waals surface area contributed by atoms with E-state index < -0.39 is 0 Å². The number of aryl methyl sites for hydroxylation is 2. The molecule has 104 valence electrons. The maximum absolute atomic E-state index is 6.23. The second kappa shape index (κ2) is 7.08. The van der Waals surface area contributed by atoms with Gasteiger partial charge in [-0.2, -0.15) is 0 Å². The summed E-state index contributed by atoms with van der Waals surface area (Å²) in [5.41, 5.74) is 1.09. The highest BCUT2D eigenvalue weighted by atomic mass is 35.5. The van der Waals surface area contributed by atoms with E-state index in [9.17, 15) is 0 Å². The molecule has 0 aliphatic rings. The van der Waals surface area contributed by atoms with Crippen molar-refractivity contribution in [3.05, 3.63) is 28.1 Å². The molecule has 2 heterocycles. The normalized spacial score (nSPS) is 11.1. The SMILES string of the molecule is CCCNCCCc1ncc(-c2scc(C)c2Cl)o1. The third kappa shape index (κ3) is 3.81.